The maximum Gasteiger partial charge on any atom is 0.192 e. The molecule has 0 aliphatic carbocycles. The molecular weight excluding hydrogens is 242 g/mol. The molecule has 0 radical (unpaired) electrons. The van der Waals surface area contributed by atoms with Crippen molar-refractivity contribution in [3.05, 3.63) is 40.4 Å². The molecule has 0 aromatic carbocycles. The van der Waals surface area contributed by atoms with Crippen LogP contribution in [-0.2, 0) is 0 Å². The van der Waals surface area contributed by atoms with Crippen LogP contribution in [0.3, 0.4) is 0 Å². The highest BCUT2D eigenvalue weighted by Crippen LogP contribution is 2.29. The van der Waals surface area contributed by atoms with Gasteiger partial charge in [0.15, 0.2) is 11.5 Å². The smallest absolute Gasteiger partial charge is 0.192 e. The Morgan fingerprint density at radius 2 is 2.12 bits per heavy atom. The minimum atomic E-state index is 0.728. The molecule has 0 atom stereocenters. The molecule has 0 saturated carbocycles. The van der Waals surface area contributed by atoms with Crippen LogP contribution in [0.4, 0.5) is 0 Å². The zero-order chi connectivity index (χ0) is 11.1. The summed E-state index contributed by atoms with van der Waals surface area (Å²) in [7, 11) is 0. The van der Waals surface area contributed by atoms with E-state index in [0.717, 1.165) is 26.4 Å². The maximum absolute atomic E-state index is 5.90. The molecule has 3 rings (SSSR count). The maximum atomic E-state index is 5.90. The number of hydrogen-bond acceptors (Lipinski definition) is 3. The van der Waals surface area contributed by atoms with Crippen LogP contribution in [0.2, 0.25) is 4.34 Å². The second-order valence-electron chi connectivity index (χ2n) is 3.48. The van der Waals surface area contributed by atoms with E-state index >= 15 is 0 Å². The lowest BCUT2D eigenvalue weighted by molar-refractivity contribution is 0.919. The zero-order valence-electron chi connectivity index (χ0n) is 8.51. The third-order valence-corrected chi connectivity index (χ3v) is 3.57. The molecule has 0 amide bonds. The molecule has 3 aromatic rings. The Balaban J connectivity index is 2.22. The molecule has 0 fully saturated rings. The third-order valence-electron chi connectivity index (χ3n) is 2.34. The summed E-state index contributed by atoms with van der Waals surface area (Å²) in [4.78, 5) is 5.45. The van der Waals surface area contributed by atoms with E-state index in [0.29, 0.717) is 0 Å². The van der Waals surface area contributed by atoms with Gasteiger partial charge in [-0.05, 0) is 31.2 Å². The topological polar surface area (TPSA) is 30.2 Å². The lowest BCUT2D eigenvalue weighted by Crippen LogP contribution is -1.91. The fraction of sp³-hybridized carbons (Fsp3) is 0.0909. The van der Waals surface area contributed by atoms with Crippen LogP contribution in [0.5, 0.6) is 0 Å². The van der Waals surface area contributed by atoms with Crippen LogP contribution < -0.4 is 0 Å². The molecule has 0 spiro atoms. The number of nitrogens with zero attached hydrogens (tertiary/aromatic N) is 3. The number of halogens is 1. The molecule has 0 saturated heterocycles. The van der Waals surface area contributed by atoms with Crippen LogP contribution in [0.25, 0.3) is 16.3 Å². The van der Waals surface area contributed by atoms with Crippen molar-refractivity contribution in [3.63, 3.8) is 0 Å². The van der Waals surface area contributed by atoms with Crippen molar-refractivity contribution < 1.29 is 0 Å². The summed E-state index contributed by atoms with van der Waals surface area (Å²) in [5.74, 6) is 0.728. The van der Waals surface area contributed by atoms with Crippen LogP contribution in [0, 0.1) is 6.92 Å². The summed E-state index contributed by atoms with van der Waals surface area (Å²) in [6.45, 7) is 2.01. The molecule has 3 heterocycles. The molecule has 0 aliphatic rings. The summed E-state index contributed by atoms with van der Waals surface area (Å²) in [6.07, 6.45) is 0. The predicted molar refractivity (Wildman–Crippen MR) is 66.0 cm³/mol. The largest absolute Gasteiger partial charge is 0.218 e. The Morgan fingerprint density at radius 1 is 1.25 bits per heavy atom. The predicted octanol–water partition coefficient (Wildman–Crippen LogP) is 3.42. The van der Waals surface area contributed by atoms with Gasteiger partial charge in [0.25, 0.3) is 0 Å². The Bertz CT molecular complexity index is 656. The normalized spacial score (nSPS) is 11.1. The third kappa shape index (κ3) is 1.50. The highest BCUT2D eigenvalue weighted by Gasteiger charge is 2.09. The number of fused-ring (bicyclic) bond motifs is 1. The number of rotatable bonds is 1. The molecule has 0 N–H and O–H groups in total. The molecule has 3 aromatic heterocycles. The van der Waals surface area contributed by atoms with Gasteiger partial charge in [-0.1, -0.05) is 17.7 Å². The van der Waals surface area contributed by atoms with Gasteiger partial charge in [0.2, 0.25) is 0 Å². The Kier molecular flexibility index (Phi) is 2.19. The first-order valence-corrected chi connectivity index (χ1v) is 6.01. The summed E-state index contributed by atoms with van der Waals surface area (Å²) in [6, 6.07) is 9.73. The Morgan fingerprint density at radius 3 is 2.81 bits per heavy atom. The van der Waals surface area contributed by atoms with Crippen LogP contribution in [0.1, 0.15) is 5.69 Å². The van der Waals surface area contributed by atoms with Crippen molar-refractivity contribution in [2.24, 2.45) is 0 Å². The summed E-state index contributed by atoms with van der Waals surface area (Å²) in [5.41, 5.74) is 1.93. The molecule has 16 heavy (non-hydrogen) atoms. The fourth-order valence-electron chi connectivity index (χ4n) is 1.57. The van der Waals surface area contributed by atoms with Gasteiger partial charge in [0, 0.05) is 5.69 Å². The Hall–Kier alpha value is -1.39. The summed E-state index contributed by atoms with van der Waals surface area (Å²) < 4.78 is 2.59. The lowest BCUT2D eigenvalue weighted by Gasteiger charge is -1.93. The molecular formula is C11H8ClN3S. The fourth-order valence-corrected chi connectivity index (χ4v) is 2.55. The van der Waals surface area contributed by atoms with Crippen LogP contribution >= 0.6 is 22.9 Å². The van der Waals surface area contributed by atoms with Crippen molar-refractivity contribution in [1.82, 2.24) is 14.6 Å². The van der Waals surface area contributed by atoms with Crippen molar-refractivity contribution in [2.45, 2.75) is 6.92 Å². The van der Waals surface area contributed by atoms with Crippen LogP contribution in [0.15, 0.2) is 30.3 Å². The van der Waals surface area contributed by atoms with E-state index in [2.05, 4.69) is 10.1 Å². The van der Waals surface area contributed by atoms with Gasteiger partial charge in [-0.3, -0.25) is 0 Å². The average Bonchev–Trinajstić information content (AvgIpc) is 2.84. The van der Waals surface area contributed by atoms with E-state index in [1.807, 2.05) is 41.8 Å². The summed E-state index contributed by atoms with van der Waals surface area (Å²) >= 11 is 7.39. The van der Waals surface area contributed by atoms with E-state index in [1.54, 1.807) is 0 Å². The number of thiophene rings is 1. The van der Waals surface area contributed by atoms with Crippen LogP contribution in [-0.4, -0.2) is 14.6 Å². The lowest BCUT2D eigenvalue weighted by atomic mass is 10.4. The van der Waals surface area contributed by atoms with Gasteiger partial charge in [-0.2, -0.15) is 0 Å². The Labute approximate surface area is 101 Å². The SMILES string of the molecule is Cc1cccc2nc(-c3ccc(Cl)s3)nn12. The van der Waals surface area contributed by atoms with Crippen molar-refractivity contribution >= 4 is 28.6 Å². The summed E-state index contributed by atoms with van der Waals surface area (Å²) in [5, 5.41) is 4.45. The number of aromatic nitrogens is 3. The molecule has 0 bridgehead atoms. The van der Waals surface area contributed by atoms with Gasteiger partial charge < -0.3 is 0 Å². The van der Waals surface area contributed by atoms with Gasteiger partial charge >= 0.3 is 0 Å². The number of aryl methyl sites for hydroxylation is 1. The molecule has 5 heteroatoms. The first kappa shape index (κ1) is 9.81. The van der Waals surface area contributed by atoms with Crippen molar-refractivity contribution in [2.75, 3.05) is 0 Å². The van der Waals surface area contributed by atoms with E-state index in [4.69, 9.17) is 11.6 Å². The van der Waals surface area contributed by atoms with Gasteiger partial charge in [0.1, 0.15) is 0 Å². The second kappa shape index (κ2) is 3.57. The molecule has 80 valence electrons. The first-order valence-electron chi connectivity index (χ1n) is 4.82. The highest BCUT2D eigenvalue weighted by atomic mass is 35.5. The molecule has 0 unspecified atom stereocenters. The van der Waals surface area contributed by atoms with E-state index in [-0.39, 0.29) is 0 Å². The van der Waals surface area contributed by atoms with E-state index in [9.17, 15) is 0 Å². The first-order chi connectivity index (χ1) is 7.74. The van der Waals surface area contributed by atoms with E-state index in [1.165, 1.54) is 11.3 Å². The number of hydrogen-bond donors (Lipinski definition) is 0. The van der Waals surface area contributed by atoms with Gasteiger partial charge in [-0.15, -0.1) is 16.4 Å². The molecule has 0 aliphatic heterocycles. The zero-order valence-corrected chi connectivity index (χ0v) is 10.1. The second-order valence-corrected chi connectivity index (χ2v) is 5.19. The average molecular weight is 250 g/mol. The van der Waals surface area contributed by atoms with Gasteiger partial charge in [-0.25, -0.2) is 9.50 Å². The molecule has 3 nitrogen and oxygen atoms in total. The highest BCUT2D eigenvalue weighted by molar-refractivity contribution is 7.19. The standard InChI is InChI=1S/C11H8ClN3S/c1-7-3-2-4-10-13-11(14-15(7)10)8-5-6-9(12)16-8/h2-6H,1H3. The van der Waals surface area contributed by atoms with Crippen molar-refractivity contribution in [1.29, 1.82) is 0 Å². The minimum Gasteiger partial charge on any atom is -0.218 e. The monoisotopic (exact) mass is 249 g/mol. The number of pyridine rings is 1. The minimum absolute atomic E-state index is 0.728. The van der Waals surface area contributed by atoms with Gasteiger partial charge in [0.05, 0.1) is 9.21 Å². The van der Waals surface area contributed by atoms with Crippen molar-refractivity contribution in [3.8, 4) is 10.7 Å². The quantitative estimate of drug-likeness (QED) is 0.662. The van der Waals surface area contributed by atoms with E-state index < -0.39 is 0 Å².